The maximum atomic E-state index is 11.2. The van der Waals surface area contributed by atoms with Crippen molar-refractivity contribution in [3.63, 3.8) is 0 Å². The van der Waals surface area contributed by atoms with Gasteiger partial charge in [-0.15, -0.1) is 6.54 Å². The molecule has 15 heavy (non-hydrogen) atoms. The van der Waals surface area contributed by atoms with Crippen LogP contribution in [0, 0.1) is 7.43 Å². The Morgan fingerprint density at radius 3 is 2.87 bits per heavy atom. The van der Waals surface area contributed by atoms with E-state index in [0.29, 0.717) is 13.1 Å². The number of hydrogen-bond donors (Lipinski definition) is 0. The van der Waals surface area contributed by atoms with Crippen LogP contribution in [0.4, 0.5) is 0 Å². The van der Waals surface area contributed by atoms with Crippen molar-refractivity contribution in [1.82, 2.24) is 4.90 Å². The molecule has 0 aliphatic carbocycles. The molecule has 0 N–H and O–H groups in total. The summed E-state index contributed by atoms with van der Waals surface area (Å²) in [5.74, 6) is -0.0982. The largest absolute Gasteiger partial charge is 0.658 e. The van der Waals surface area contributed by atoms with E-state index >= 15 is 0 Å². The molecule has 0 aromatic carbocycles. The number of piperidine rings is 1. The Morgan fingerprint density at radius 1 is 1.60 bits per heavy atom. The van der Waals surface area contributed by atoms with Gasteiger partial charge < -0.3 is 17.5 Å². The quantitative estimate of drug-likeness (QED) is 0.537. The van der Waals surface area contributed by atoms with Gasteiger partial charge in [-0.05, 0) is 13.0 Å². The first-order valence-electron chi connectivity index (χ1n) is 4.87. The zero-order valence-corrected chi connectivity index (χ0v) is 12.4. The Hall–Kier alpha value is 0.494. The fourth-order valence-electron chi connectivity index (χ4n) is 2.15. The van der Waals surface area contributed by atoms with E-state index in [2.05, 4.69) is 17.1 Å². The van der Waals surface area contributed by atoms with E-state index < -0.39 is 0 Å². The van der Waals surface area contributed by atoms with Crippen LogP contribution in [-0.2, 0) is 42.2 Å². The molecule has 0 amide bonds. The molecule has 1 atom stereocenters. The van der Waals surface area contributed by atoms with Crippen molar-refractivity contribution >= 4 is 5.97 Å². The summed E-state index contributed by atoms with van der Waals surface area (Å²) >= 11 is 0. The van der Waals surface area contributed by atoms with Crippen LogP contribution in [0.1, 0.15) is 19.8 Å². The normalized spacial score (nSPS) is 30.6. The Kier molecular flexibility index (Phi) is 6.49. The van der Waals surface area contributed by atoms with Gasteiger partial charge in [0.1, 0.15) is 12.3 Å². The first-order valence-corrected chi connectivity index (χ1v) is 4.87. The summed E-state index contributed by atoms with van der Waals surface area (Å²) in [4.78, 5) is 13.3. The van der Waals surface area contributed by atoms with Gasteiger partial charge >= 0.3 is 5.97 Å². The van der Waals surface area contributed by atoms with Crippen LogP contribution < -0.4 is 0 Å². The number of likely N-dealkylation sites (N-methyl/N-ethyl adjacent to an activating group) is 1. The molecule has 2 aliphatic rings. The van der Waals surface area contributed by atoms with Crippen molar-refractivity contribution in [2.45, 2.75) is 25.5 Å². The molecule has 0 aromatic heterocycles. The minimum atomic E-state index is -0.371. The van der Waals surface area contributed by atoms with E-state index in [9.17, 15) is 4.79 Å². The maximum absolute atomic E-state index is 11.2. The zero-order valence-electron chi connectivity index (χ0n) is 9.53. The first-order chi connectivity index (χ1) is 6.27. The third kappa shape index (κ3) is 2.99. The summed E-state index contributed by atoms with van der Waals surface area (Å²) in [6.45, 7) is 4.93. The third-order valence-electron chi connectivity index (χ3n) is 2.82. The van der Waals surface area contributed by atoms with Crippen molar-refractivity contribution in [1.29, 1.82) is 0 Å². The average molecular weight is 287 g/mol. The molecule has 1 spiro atoms. The van der Waals surface area contributed by atoms with Gasteiger partial charge in [0.05, 0.1) is 0 Å². The van der Waals surface area contributed by atoms with Crippen molar-refractivity contribution in [3.8, 4) is 0 Å². The topological polar surface area (TPSA) is 43.6 Å². The molecule has 0 saturated carbocycles. The summed E-state index contributed by atoms with van der Waals surface area (Å²) in [7, 11) is 0. The molecule has 4 nitrogen and oxygen atoms in total. The second-order valence-electron chi connectivity index (χ2n) is 3.64. The number of esters is 1. The summed E-state index contributed by atoms with van der Waals surface area (Å²) in [5, 5.41) is 4.33. The Labute approximate surface area is 117 Å². The van der Waals surface area contributed by atoms with E-state index in [1.807, 2.05) is 0 Å². The Balaban J connectivity index is 0.000000980. The molecule has 1 radical (unpaired) electrons. The molecule has 2 fully saturated rings. The van der Waals surface area contributed by atoms with Gasteiger partial charge in [0.2, 0.25) is 0 Å². The molecule has 0 bridgehead atoms. The van der Waals surface area contributed by atoms with Gasteiger partial charge in [0.15, 0.2) is 0 Å². The molecule has 2 aliphatic heterocycles. The predicted octanol–water partition coefficient (Wildman–Crippen LogP) is 1.18. The first kappa shape index (κ1) is 15.5. The van der Waals surface area contributed by atoms with E-state index in [4.69, 9.17) is 4.74 Å². The Morgan fingerprint density at radius 2 is 2.33 bits per heavy atom. The zero-order chi connectivity index (χ0) is 9.31. The smallest absolute Gasteiger partial charge is 0.321 e. The van der Waals surface area contributed by atoms with Crippen LogP contribution in [0.25, 0.3) is 5.32 Å². The van der Waals surface area contributed by atoms with Gasteiger partial charge in [-0.1, -0.05) is 19.9 Å². The van der Waals surface area contributed by atoms with E-state index in [-0.39, 0.29) is 51.8 Å². The molecule has 1 unspecified atom stereocenters. The van der Waals surface area contributed by atoms with Gasteiger partial charge in [-0.25, -0.2) is 0 Å². The average Bonchev–Trinajstić information content (AvgIpc) is 2.43. The second kappa shape index (κ2) is 6.28. The van der Waals surface area contributed by atoms with Gasteiger partial charge in [0, 0.05) is 32.7 Å². The third-order valence-corrected chi connectivity index (χ3v) is 2.82. The molecule has 85 valence electrons. The van der Waals surface area contributed by atoms with Crippen molar-refractivity contribution in [3.05, 3.63) is 12.7 Å². The van der Waals surface area contributed by atoms with Crippen LogP contribution in [0.15, 0.2) is 0 Å². The Bertz CT molecular complexity index is 217. The van der Waals surface area contributed by atoms with Crippen LogP contribution in [0.3, 0.4) is 0 Å². The molecular weight excluding hydrogens is 269 g/mol. The number of hydrogen-bond acceptors (Lipinski definition) is 3. The van der Waals surface area contributed by atoms with Gasteiger partial charge in [-0.2, -0.15) is 0 Å². The SMILES string of the molecule is CCN1CC(=O)OC12CCC[N-]C2.[CH3-].[Y]. The van der Waals surface area contributed by atoms with Crippen LogP contribution in [0.5, 0.6) is 0 Å². The molecule has 2 saturated heterocycles. The monoisotopic (exact) mass is 287 g/mol. The van der Waals surface area contributed by atoms with Gasteiger partial charge in [0.25, 0.3) is 0 Å². The predicted molar refractivity (Wildman–Crippen MR) is 54.8 cm³/mol. The van der Waals surface area contributed by atoms with E-state index in [1.54, 1.807) is 0 Å². The number of rotatable bonds is 1. The number of ether oxygens (including phenoxy) is 1. The summed E-state index contributed by atoms with van der Waals surface area (Å²) in [5.41, 5.74) is -0.371. The standard InChI is InChI=1S/C9H15N2O2.CH3.Y/c1-2-11-6-8(12)13-9(11)4-3-5-10-7-9;;/h2-7H2,1H3;1H3;/q2*-1;. The van der Waals surface area contributed by atoms with Crippen LogP contribution in [-0.4, -0.2) is 42.8 Å². The van der Waals surface area contributed by atoms with Crippen LogP contribution in [0.2, 0.25) is 0 Å². The minimum Gasteiger partial charge on any atom is -0.658 e. The van der Waals surface area contributed by atoms with Crippen LogP contribution >= 0.6 is 0 Å². The summed E-state index contributed by atoms with van der Waals surface area (Å²) in [6, 6.07) is 0. The molecule has 2 rings (SSSR count). The van der Waals surface area contributed by atoms with Crippen molar-refractivity contribution < 1.29 is 42.2 Å². The number of carbonyl (C=O) groups is 1. The molecule has 5 heteroatoms. The fraction of sp³-hybridized carbons (Fsp3) is 0.800. The number of nitrogens with zero attached hydrogens (tertiary/aromatic N) is 2. The summed E-state index contributed by atoms with van der Waals surface area (Å²) in [6.07, 6.45) is 1.97. The van der Waals surface area contributed by atoms with Crippen molar-refractivity contribution in [2.24, 2.45) is 0 Å². The number of carbonyl (C=O) groups excluding carboxylic acids is 1. The van der Waals surface area contributed by atoms with Crippen molar-refractivity contribution in [2.75, 3.05) is 26.2 Å². The van der Waals surface area contributed by atoms with E-state index in [0.717, 1.165) is 25.9 Å². The second-order valence-corrected chi connectivity index (χ2v) is 3.64. The molecule has 2 heterocycles. The van der Waals surface area contributed by atoms with Gasteiger partial charge in [-0.3, -0.25) is 9.69 Å². The fourth-order valence-corrected chi connectivity index (χ4v) is 2.15. The minimum absolute atomic E-state index is 0. The summed E-state index contributed by atoms with van der Waals surface area (Å²) < 4.78 is 5.39. The molecular formula is C10H18N2O2Y-2. The maximum Gasteiger partial charge on any atom is 0.321 e. The molecule has 0 aromatic rings. The van der Waals surface area contributed by atoms with E-state index in [1.165, 1.54) is 0 Å².